The lowest BCUT2D eigenvalue weighted by Gasteiger charge is -2.43. The van der Waals surface area contributed by atoms with Crippen molar-refractivity contribution in [2.45, 2.75) is 44.6 Å². The quantitative estimate of drug-likeness (QED) is 0.712. The fraction of sp³-hybridized carbons (Fsp3) is 0.429. The third kappa shape index (κ3) is 2.94. The van der Waals surface area contributed by atoms with Crippen molar-refractivity contribution in [3.05, 3.63) is 41.3 Å². The van der Waals surface area contributed by atoms with Crippen LogP contribution in [0.15, 0.2) is 35.7 Å². The van der Waals surface area contributed by atoms with E-state index in [2.05, 4.69) is 52.6 Å². The molecular weight excluding hydrogens is 370 g/mol. The Morgan fingerprint density at radius 1 is 1.36 bits per heavy atom. The minimum Gasteiger partial charge on any atom is -0.317 e. The molecule has 2 aromatic heterocycles. The van der Waals surface area contributed by atoms with Crippen LogP contribution in [-0.4, -0.2) is 33.9 Å². The molecule has 3 aromatic rings. The van der Waals surface area contributed by atoms with Gasteiger partial charge in [-0.15, -0.1) is 11.3 Å². The molecule has 6 nitrogen and oxygen atoms in total. The Morgan fingerprint density at radius 2 is 2.18 bits per heavy atom. The summed E-state index contributed by atoms with van der Waals surface area (Å²) in [4.78, 5) is 15.2. The summed E-state index contributed by atoms with van der Waals surface area (Å²) in [6, 6.07) is 10.6. The molecule has 1 aliphatic carbocycles. The van der Waals surface area contributed by atoms with Gasteiger partial charge in [0.2, 0.25) is 5.91 Å². The van der Waals surface area contributed by atoms with E-state index < -0.39 is 11.8 Å². The smallest absolute Gasteiger partial charge is 0.226 e. The summed E-state index contributed by atoms with van der Waals surface area (Å²) < 4.78 is 2.16. The van der Waals surface area contributed by atoms with E-state index in [1.165, 1.54) is 23.1 Å². The molecule has 1 amide bonds. The summed E-state index contributed by atoms with van der Waals surface area (Å²) in [5, 5.41) is 11.6. The molecule has 7 heteroatoms. The summed E-state index contributed by atoms with van der Waals surface area (Å²) in [5.74, 6) is 0.787. The number of amides is 1. The first-order valence-corrected chi connectivity index (χ1v) is 10.7. The van der Waals surface area contributed by atoms with E-state index in [0.29, 0.717) is 6.42 Å². The largest absolute Gasteiger partial charge is 0.317 e. The second-order valence-electron chi connectivity index (χ2n) is 8.29. The zero-order valence-corrected chi connectivity index (χ0v) is 17.0. The van der Waals surface area contributed by atoms with Crippen molar-refractivity contribution in [3.63, 3.8) is 0 Å². The fourth-order valence-electron chi connectivity index (χ4n) is 4.04. The molecule has 0 spiro atoms. The number of hydrogen-bond acceptors (Lipinski definition) is 5. The van der Waals surface area contributed by atoms with Crippen LogP contribution in [0.5, 0.6) is 0 Å². The standard InChI is InChI=1S/C21H25N5OS/c1-21(11-18(27)25(2)20(22)23-21)14-7-8-15-16(10-14)26(12-13-5-6-13)24-19(15)17-4-3-9-28-17/h3-4,7-10,13,20,23H,5-6,11-12,22H2,1-2H3/t20?,21-/m0/s1. The average molecular weight is 396 g/mol. The monoisotopic (exact) mass is 395 g/mol. The Bertz CT molecular complexity index is 1040. The van der Waals surface area contributed by atoms with E-state index in [0.717, 1.165) is 29.2 Å². The third-order valence-corrected chi connectivity index (χ3v) is 6.93. The molecule has 1 saturated carbocycles. The van der Waals surface area contributed by atoms with Crippen LogP contribution in [0.3, 0.4) is 0 Å². The number of rotatable bonds is 4. The predicted molar refractivity (Wildman–Crippen MR) is 112 cm³/mol. The summed E-state index contributed by atoms with van der Waals surface area (Å²) >= 11 is 1.72. The Hall–Kier alpha value is -2.22. The van der Waals surface area contributed by atoms with Crippen LogP contribution >= 0.6 is 11.3 Å². The normalized spacial score (nSPS) is 25.6. The highest BCUT2D eigenvalue weighted by Crippen LogP contribution is 2.38. The minimum atomic E-state index is -0.491. The second-order valence-corrected chi connectivity index (χ2v) is 9.23. The highest BCUT2D eigenvalue weighted by molar-refractivity contribution is 7.13. The molecule has 1 unspecified atom stereocenters. The van der Waals surface area contributed by atoms with Gasteiger partial charge in [0.15, 0.2) is 0 Å². The molecule has 3 heterocycles. The van der Waals surface area contributed by atoms with Crippen molar-refractivity contribution in [1.29, 1.82) is 0 Å². The van der Waals surface area contributed by atoms with Crippen LogP contribution in [0.2, 0.25) is 0 Å². The molecule has 2 atom stereocenters. The first-order valence-electron chi connectivity index (χ1n) is 9.78. The van der Waals surface area contributed by atoms with Crippen molar-refractivity contribution in [2.24, 2.45) is 11.7 Å². The fourth-order valence-corrected chi connectivity index (χ4v) is 4.76. The molecule has 0 bridgehead atoms. The number of thiophene rings is 1. The number of carbonyl (C=O) groups excluding carboxylic acids is 1. The summed E-state index contributed by atoms with van der Waals surface area (Å²) in [7, 11) is 1.74. The number of carbonyl (C=O) groups is 1. The number of aromatic nitrogens is 2. The van der Waals surface area contributed by atoms with Gasteiger partial charge in [-0.2, -0.15) is 5.10 Å². The predicted octanol–water partition coefficient (Wildman–Crippen LogP) is 3.08. The van der Waals surface area contributed by atoms with Gasteiger partial charge in [0.05, 0.1) is 15.9 Å². The van der Waals surface area contributed by atoms with E-state index >= 15 is 0 Å². The van der Waals surface area contributed by atoms with Crippen LogP contribution in [0.4, 0.5) is 0 Å². The zero-order chi connectivity index (χ0) is 19.5. The van der Waals surface area contributed by atoms with Gasteiger partial charge in [0.25, 0.3) is 0 Å². The zero-order valence-electron chi connectivity index (χ0n) is 16.2. The Balaban J connectivity index is 1.61. The van der Waals surface area contributed by atoms with Crippen molar-refractivity contribution >= 4 is 28.1 Å². The highest BCUT2D eigenvalue weighted by Gasteiger charge is 2.39. The van der Waals surface area contributed by atoms with Crippen LogP contribution in [0, 0.1) is 5.92 Å². The molecule has 5 rings (SSSR count). The number of fused-ring (bicyclic) bond motifs is 1. The molecule has 28 heavy (non-hydrogen) atoms. The summed E-state index contributed by atoms with van der Waals surface area (Å²) in [6.45, 7) is 3.01. The number of benzene rings is 1. The minimum absolute atomic E-state index is 0.0552. The van der Waals surface area contributed by atoms with Crippen LogP contribution in [-0.2, 0) is 16.9 Å². The lowest BCUT2D eigenvalue weighted by Crippen LogP contribution is -2.64. The SMILES string of the molecule is CN1C(=O)C[C@@](C)(c2ccc3c(-c4cccs4)nn(CC4CC4)c3c2)NC1N. The average Bonchev–Trinajstić information content (AvgIpc) is 3.18. The van der Waals surface area contributed by atoms with Gasteiger partial charge in [-0.1, -0.05) is 18.2 Å². The van der Waals surface area contributed by atoms with Crippen LogP contribution in [0.1, 0.15) is 31.7 Å². The first kappa shape index (κ1) is 17.8. The van der Waals surface area contributed by atoms with Gasteiger partial charge in [0.1, 0.15) is 12.0 Å². The molecule has 3 N–H and O–H groups in total. The van der Waals surface area contributed by atoms with Crippen LogP contribution in [0.25, 0.3) is 21.5 Å². The van der Waals surface area contributed by atoms with E-state index in [-0.39, 0.29) is 5.91 Å². The number of nitrogens with one attached hydrogen (secondary N) is 1. The number of nitrogens with zero attached hydrogens (tertiary/aromatic N) is 3. The van der Waals surface area contributed by atoms with E-state index in [4.69, 9.17) is 10.8 Å². The third-order valence-electron chi connectivity index (χ3n) is 6.05. The number of nitrogens with two attached hydrogens (primary N) is 1. The van der Waals surface area contributed by atoms with Gasteiger partial charge in [-0.05, 0) is 48.8 Å². The van der Waals surface area contributed by atoms with Gasteiger partial charge in [-0.25, -0.2) is 0 Å². The molecule has 2 aliphatic rings. The van der Waals surface area contributed by atoms with E-state index in [9.17, 15) is 4.79 Å². The van der Waals surface area contributed by atoms with E-state index in [1.807, 2.05) is 0 Å². The first-order chi connectivity index (χ1) is 13.4. The molecular formula is C21H25N5OS. The summed E-state index contributed by atoms with van der Waals surface area (Å²) in [6.07, 6.45) is 2.46. The van der Waals surface area contributed by atoms with Crippen molar-refractivity contribution in [2.75, 3.05) is 7.05 Å². The Labute approximate surface area is 168 Å². The van der Waals surface area contributed by atoms with Gasteiger partial charge >= 0.3 is 0 Å². The maximum absolute atomic E-state index is 12.4. The van der Waals surface area contributed by atoms with Crippen molar-refractivity contribution < 1.29 is 4.79 Å². The molecule has 1 saturated heterocycles. The maximum atomic E-state index is 12.4. The maximum Gasteiger partial charge on any atom is 0.226 e. The molecule has 0 radical (unpaired) electrons. The van der Waals surface area contributed by atoms with Gasteiger partial charge in [-0.3, -0.25) is 20.5 Å². The molecule has 1 aliphatic heterocycles. The Morgan fingerprint density at radius 3 is 2.86 bits per heavy atom. The highest BCUT2D eigenvalue weighted by atomic mass is 32.1. The Kier molecular flexibility index (Phi) is 4.08. The van der Waals surface area contributed by atoms with Gasteiger partial charge in [0, 0.05) is 25.4 Å². The van der Waals surface area contributed by atoms with Crippen LogP contribution < -0.4 is 11.1 Å². The lowest BCUT2D eigenvalue weighted by atomic mass is 9.86. The van der Waals surface area contributed by atoms with Gasteiger partial charge < -0.3 is 4.90 Å². The molecule has 1 aromatic carbocycles. The van der Waals surface area contributed by atoms with E-state index in [1.54, 1.807) is 23.3 Å². The topological polar surface area (TPSA) is 76.2 Å². The molecule has 146 valence electrons. The van der Waals surface area contributed by atoms with Crippen molar-refractivity contribution in [3.8, 4) is 10.6 Å². The second kappa shape index (κ2) is 6.40. The number of hydrogen-bond donors (Lipinski definition) is 2. The van der Waals surface area contributed by atoms with Crippen molar-refractivity contribution in [1.82, 2.24) is 20.0 Å². The lowest BCUT2D eigenvalue weighted by molar-refractivity contribution is -0.139. The summed E-state index contributed by atoms with van der Waals surface area (Å²) in [5.41, 5.74) is 8.91. The molecule has 2 fully saturated rings.